The SMILES string of the molecule is Cc1cc(N(c2ccccc2)c2cccc3ccccc23)ccc1-c1ccc(N(c2ccccc2)c2cccc3ccccc23)cc1C.Cc1cc(N(c2ccccc2)c2cccc3ccccc23)ccc1-c1ccc(N(c2ccccc2)c2cccc3ccccc23)cc1C. The molecule has 0 atom stereocenters. The molecular weight excluding hydrogens is 1160 g/mol. The number of anilines is 12. The fraction of sp³-hybridized carbons (Fsp3) is 0.0435. The van der Waals surface area contributed by atoms with E-state index < -0.39 is 0 Å². The molecule has 4 heteroatoms. The number of benzene rings is 16. The molecule has 0 fully saturated rings. The first-order valence-electron chi connectivity index (χ1n) is 33.1. The minimum Gasteiger partial charge on any atom is -0.310 e. The van der Waals surface area contributed by atoms with E-state index in [4.69, 9.17) is 0 Å². The molecule has 96 heavy (non-hydrogen) atoms. The van der Waals surface area contributed by atoms with Crippen molar-refractivity contribution in [3.8, 4) is 22.3 Å². The van der Waals surface area contributed by atoms with Crippen molar-refractivity contribution >= 4 is 111 Å². The molecule has 0 bridgehead atoms. The molecular formula is C92H72N4. The van der Waals surface area contributed by atoms with E-state index >= 15 is 0 Å². The molecule has 0 aliphatic carbocycles. The van der Waals surface area contributed by atoms with Crippen LogP contribution in [0.4, 0.5) is 68.2 Å². The number of hydrogen-bond acceptors (Lipinski definition) is 4. The van der Waals surface area contributed by atoms with Gasteiger partial charge in [-0.05, 0) is 215 Å². The van der Waals surface area contributed by atoms with Crippen LogP contribution < -0.4 is 19.6 Å². The molecule has 460 valence electrons. The van der Waals surface area contributed by atoms with Gasteiger partial charge in [-0.1, -0.05) is 243 Å². The highest BCUT2D eigenvalue weighted by Gasteiger charge is 2.22. The summed E-state index contributed by atoms with van der Waals surface area (Å²) >= 11 is 0. The molecule has 16 rings (SSSR count). The molecule has 0 aromatic heterocycles. The van der Waals surface area contributed by atoms with Gasteiger partial charge in [-0.2, -0.15) is 0 Å². The fourth-order valence-corrected chi connectivity index (χ4v) is 14.0. The van der Waals surface area contributed by atoms with Crippen LogP contribution in [0.25, 0.3) is 65.3 Å². The lowest BCUT2D eigenvalue weighted by Crippen LogP contribution is -2.11. The van der Waals surface area contributed by atoms with Gasteiger partial charge in [-0.25, -0.2) is 0 Å². The molecule has 0 radical (unpaired) electrons. The van der Waals surface area contributed by atoms with Crippen molar-refractivity contribution in [1.29, 1.82) is 0 Å². The van der Waals surface area contributed by atoms with Crippen molar-refractivity contribution in [2.24, 2.45) is 0 Å². The van der Waals surface area contributed by atoms with E-state index in [1.807, 2.05) is 0 Å². The van der Waals surface area contributed by atoms with Gasteiger partial charge >= 0.3 is 0 Å². The summed E-state index contributed by atoms with van der Waals surface area (Å²) in [5.74, 6) is 0. The number of fused-ring (bicyclic) bond motifs is 4. The summed E-state index contributed by atoms with van der Waals surface area (Å²) in [6.45, 7) is 8.91. The van der Waals surface area contributed by atoms with Gasteiger partial charge < -0.3 is 19.6 Å². The predicted octanol–water partition coefficient (Wildman–Crippen LogP) is 26.4. The molecule has 0 heterocycles. The Labute approximate surface area is 563 Å². The van der Waals surface area contributed by atoms with Crippen molar-refractivity contribution in [3.05, 3.63) is 386 Å². The molecule has 0 N–H and O–H groups in total. The van der Waals surface area contributed by atoms with Gasteiger partial charge in [-0.3, -0.25) is 0 Å². The average molecular weight is 1230 g/mol. The van der Waals surface area contributed by atoms with Crippen LogP contribution in [0.1, 0.15) is 22.3 Å². The second kappa shape index (κ2) is 26.8. The van der Waals surface area contributed by atoms with E-state index in [2.05, 4.69) is 411 Å². The van der Waals surface area contributed by atoms with Gasteiger partial charge in [0, 0.05) is 67.0 Å². The van der Waals surface area contributed by atoms with Crippen molar-refractivity contribution in [2.45, 2.75) is 27.7 Å². The summed E-state index contributed by atoms with van der Waals surface area (Å²) < 4.78 is 0. The Morgan fingerprint density at radius 3 is 0.552 bits per heavy atom. The van der Waals surface area contributed by atoms with Gasteiger partial charge in [0.2, 0.25) is 0 Å². The second-order valence-electron chi connectivity index (χ2n) is 24.7. The molecule has 0 saturated heterocycles. The predicted molar refractivity (Wildman–Crippen MR) is 411 cm³/mol. The molecule has 16 aromatic rings. The quantitative estimate of drug-likeness (QED) is 0.108. The molecule has 16 aromatic carbocycles. The number of para-hydroxylation sites is 4. The van der Waals surface area contributed by atoms with Crippen LogP contribution in [0.5, 0.6) is 0 Å². The van der Waals surface area contributed by atoms with E-state index in [0.717, 1.165) is 45.5 Å². The van der Waals surface area contributed by atoms with Gasteiger partial charge in [0.1, 0.15) is 0 Å². The van der Waals surface area contributed by atoms with Crippen LogP contribution in [0.3, 0.4) is 0 Å². The molecule has 0 unspecified atom stereocenters. The van der Waals surface area contributed by atoms with Crippen LogP contribution in [-0.2, 0) is 0 Å². The Hall–Kier alpha value is -12.2. The largest absolute Gasteiger partial charge is 0.310 e. The average Bonchev–Trinajstić information content (AvgIpc) is 0.796. The molecule has 0 amide bonds. The zero-order valence-corrected chi connectivity index (χ0v) is 54.4. The maximum Gasteiger partial charge on any atom is 0.0540 e. The summed E-state index contributed by atoms with van der Waals surface area (Å²) in [5.41, 5.74) is 23.7. The number of aryl methyl sites for hydroxylation is 4. The minimum absolute atomic E-state index is 1.14. The molecule has 0 aliphatic rings. The Kier molecular flexibility index (Phi) is 16.7. The summed E-state index contributed by atoms with van der Waals surface area (Å²) in [5, 5.41) is 9.83. The highest BCUT2D eigenvalue weighted by atomic mass is 15.2. The van der Waals surface area contributed by atoms with E-state index in [1.165, 1.54) is 110 Å². The number of rotatable bonds is 14. The topological polar surface area (TPSA) is 13.0 Å². The maximum absolute atomic E-state index is 2.37. The molecule has 0 saturated carbocycles. The number of hydrogen-bond donors (Lipinski definition) is 0. The third-order valence-corrected chi connectivity index (χ3v) is 18.5. The highest BCUT2D eigenvalue weighted by molar-refractivity contribution is 6.03. The Morgan fingerprint density at radius 2 is 0.344 bits per heavy atom. The lowest BCUT2D eigenvalue weighted by atomic mass is 9.95. The Morgan fingerprint density at radius 1 is 0.156 bits per heavy atom. The monoisotopic (exact) mass is 1230 g/mol. The van der Waals surface area contributed by atoms with Crippen LogP contribution in [0, 0.1) is 27.7 Å². The third kappa shape index (κ3) is 11.9. The van der Waals surface area contributed by atoms with Crippen molar-refractivity contribution in [3.63, 3.8) is 0 Å². The fourth-order valence-electron chi connectivity index (χ4n) is 14.0. The summed E-state index contributed by atoms with van der Waals surface area (Å²) in [7, 11) is 0. The first-order valence-corrected chi connectivity index (χ1v) is 33.1. The van der Waals surface area contributed by atoms with Crippen molar-refractivity contribution in [1.82, 2.24) is 0 Å². The van der Waals surface area contributed by atoms with Gasteiger partial charge in [0.05, 0.1) is 22.7 Å². The zero-order valence-electron chi connectivity index (χ0n) is 54.4. The van der Waals surface area contributed by atoms with E-state index in [-0.39, 0.29) is 0 Å². The van der Waals surface area contributed by atoms with Gasteiger partial charge in [0.25, 0.3) is 0 Å². The van der Waals surface area contributed by atoms with Crippen LogP contribution in [0.2, 0.25) is 0 Å². The summed E-state index contributed by atoms with van der Waals surface area (Å²) in [6, 6.07) is 131. The first kappa shape index (κ1) is 60.0. The maximum atomic E-state index is 2.37. The normalized spacial score (nSPS) is 11.1. The third-order valence-electron chi connectivity index (χ3n) is 18.5. The van der Waals surface area contributed by atoms with Gasteiger partial charge in [-0.15, -0.1) is 0 Å². The molecule has 0 spiro atoms. The molecule has 0 aliphatic heterocycles. The van der Waals surface area contributed by atoms with Crippen molar-refractivity contribution in [2.75, 3.05) is 19.6 Å². The standard InChI is InChI=1S/2C46H36N2/c2*1-33-31-39(47(37-19-5-3-6-20-37)45-25-13-17-35-15-9-11-23-43(35)45)27-29-41(33)42-30-28-40(32-34(42)2)48(38-21-7-4-8-22-38)46-26-14-18-36-16-10-12-24-44(36)46/h2*3-32H,1-2H3. The number of nitrogens with zero attached hydrogens (tertiary/aromatic N) is 4. The lowest BCUT2D eigenvalue weighted by molar-refractivity contribution is 1.27. The van der Waals surface area contributed by atoms with Gasteiger partial charge in [0.15, 0.2) is 0 Å². The van der Waals surface area contributed by atoms with E-state index in [1.54, 1.807) is 0 Å². The zero-order chi connectivity index (χ0) is 64.9. The Balaban J connectivity index is 0.000000158. The molecule has 4 nitrogen and oxygen atoms in total. The summed E-state index contributed by atoms with van der Waals surface area (Å²) in [4.78, 5) is 9.49. The minimum atomic E-state index is 1.14. The van der Waals surface area contributed by atoms with Crippen LogP contribution >= 0.6 is 0 Å². The lowest BCUT2D eigenvalue weighted by Gasteiger charge is -2.28. The van der Waals surface area contributed by atoms with Crippen LogP contribution in [-0.4, -0.2) is 0 Å². The van der Waals surface area contributed by atoms with Crippen molar-refractivity contribution < 1.29 is 0 Å². The van der Waals surface area contributed by atoms with E-state index in [0.29, 0.717) is 0 Å². The Bertz CT molecular complexity index is 4730. The van der Waals surface area contributed by atoms with Crippen LogP contribution in [0.15, 0.2) is 364 Å². The van der Waals surface area contributed by atoms with E-state index in [9.17, 15) is 0 Å². The first-order chi connectivity index (χ1) is 47.3. The highest BCUT2D eigenvalue weighted by Crippen LogP contribution is 2.46. The smallest absolute Gasteiger partial charge is 0.0540 e. The summed E-state index contributed by atoms with van der Waals surface area (Å²) in [6.07, 6.45) is 0. The second-order valence-corrected chi connectivity index (χ2v) is 24.7.